The zero-order valence-electron chi connectivity index (χ0n) is 15.0. The number of ether oxygens (including phenoxy) is 1. The predicted octanol–water partition coefficient (Wildman–Crippen LogP) is 0.852. The Labute approximate surface area is 152 Å². The van der Waals surface area contributed by atoms with Crippen molar-refractivity contribution >= 4 is 33.0 Å². The second kappa shape index (κ2) is 6.79. The zero-order chi connectivity index (χ0) is 19.1. The summed E-state index contributed by atoms with van der Waals surface area (Å²) >= 11 is 0. The van der Waals surface area contributed by atoms with Crippen molar-refractivity contribution < 1.29 is 22.7 Å². The number of amides is 2. The molecule has 0 bridgehead atoms. The third kappa shape index (κ3) is 3.77. The number of fused-ring (bicyclic) bond motifs is 1. The van der Waals surface area contributed by atoms with Gasteiger partial charge in [0, 0.05) is 18.8 Å². The molecular weight excluding hydrogens is 358 g/mol. The van der Waals surface area contributed by atoms with Crippen LogP contribution in [0.1, 0.15) is 20.3 Å². The standard InChI is InChI=1S/C17H23N3O5S/c1-10(17(22)20(3)13-6-7-26(23,24)9-13)18-12-4-5-15-14(8-12)19-16(21)11(2)25-15/h4-5,8,10-11,13,18H,6-7,9H2,1-3H3,(H,19,21)/t10-,11+,13-/m0/s1. The molecule has 2 aliphatic heterocycles. The van der Waals surface area contributed by atoms with Crippen LogP contribution in [0.5, 0.6) is 5.75 Å². The maximum Gasteiger partial charge on any atom is 0.265 e. The van der Waals surface area contributed by atoms with Crippen molar-refractivity contribution in [3.63, 3.8) is 0 Å². The van der Waals surface area contributed by atoms with Crippen LogP contribution in [0.2, 0.25) is 0 Å². The fourth-order valence-corrected chi connectivity index (χ4v) is 4.95. The average Bonchev–Trinajstić information content (AvgIpc) is 2.94. The minimum absolute atomic E-state index is 0.0162. The van der Waals surface area contributed by atoms with Crippen LogP contribution in [0.15, 0.2) is 18.2 Å². The van der Waals surface area contributed by atoms with Crippen LogP contribution in [0, 0.1) is 0 Å². The van der Waals surface area contributed by atoms with Crippen LogP contribution < -0.4 is 15.4 Å². The average molecular weight is 381 g/mol. The van der Waals surface area contributed by atoms with E-state index in [1.54, 1.807) is 39.1 Å². The fourth-order valence-electron chi connectivity index (χ4n) is 3.18. The van der Waals surface area contributed by atoms with Gasteiger partial charge in [0.2, 0.25) is 5.91 Å². The van der Waals surface area contributed by atoms with Crippen molar-refractivity contribution in [3.05, 3.63) is 18.2 Å². The van der Waals surface area contributed by atoms with E-state index in [4.69, 9.17) is 4.74 Å². The summed E-state index contributed by atoms with van der Waals surface area (Å²) < 4.78 is 28.7. The summed E-state index contributed by atoms with van der Waals surface area (Å²) in [7, 11) is -1.41. The number of rotatable bonds is 4. The van der Waals surface area contributed by atoms with Gasteiger partial charge in [-0.25, -0.2) is 8.42 Å². The molecule has 0 spiro atoms. The maximum atomic E-state index is 12.6. The Kier molecular flexibility index (Phi) is 4.83. The van der Waals surface area contributed by atoms with Crippen molar-refractivity contribution in [1.82, 2.24) is 4.90 Å². The molecule has 9 heteroatoms. The van der Waals surface area contributed by atoms with Crippen LogP contribution >= 0.6 is 0 Å². The first kappa shape index (κ1) is 18.5. The molecular formula is C17H23N3O5S. The number of benzene rings is 1. The monoisotopic (exact) mass is 381 g/mol. The van der Waals surface area contributed by atoms with Crippen LogP contribution in [0.25, 0.3) is 0 Å². The first-order chi connectivity index (χ1) is 12.2. The Bertz CT molecular complexity index is 839. The molecule has 2 N–H and O–H groups in total. The quantitative estimate of drug-likeness (QED) is 0.801. The number of likely N-dealkylation sites (N-methyl/N-ethyl adjacent to an activating group) is 1. The highest BCUT2D eigenvalue weighted by atomic mass is 32.2. The molecule has 0 unspecified atom stereocenters. The highest BCUT2D eigenvalue weighted by molar-refractivity contribution is 7.91. The van der Waals surface area contributed by atoms with Crippen molar-refractivity contribution in [1.29, 1.82) is 0 Å². The summed E-state index contributed by atoms with van der Waals surface area (Å²) in [6.45, 7) is 3.39. The van der Waals surface area contributed by atoms with Crippen molar-refractivity contribution in [2.45, 2.75) is 38.5 Å². The topological polar surface area (TPSA) is 105 Å². The maximum absolute atomic E-state index is 12.6. The highest BCUT2D eigenvalue weighted by Gasteiger charge is 2.34. The molecule has 142 valence electrons. The predicted molar refractivity (Wildman–Crippen MR) is 98.1 cm³/mol. The van der Waals surface area contributed by atoms with Crippen molar-refractivity contribution in [2.75, 3.05) is 29.2 Å². The Morgan fingerprint density at radius 2 is 2.15 bits per heavy atom. The van der Waals surface area contributed by atoms with E-state index in [1.165, 1.54) is 4.90 Å². The van der Waals surface area contributed by atoms with E-state index >= 15 is 0 Å². The molecule has 0 saturated carbocycles. The summed E-state index contributed by atoms with van der Waals surface area (Å²) in [6.07, 6.45) is -0.0734. The molecule has 2 heterocycles. The molecule has 1 fully saturated rings. The summed E-state index contributed by atoms with van der Waals surface area (Å²) in [5, 5.41) is 5.86. The highest BCUT2D eigenvalue weighted by Crippen LogP contribution is 2.32. The van der Waals surface area contributed by atoms with Gasteiger partial charge in [-0.15, -0.1) is 0 Å². The van der Waals surface area contributed by atoms with Gasteiger partial charge in [-0.2, -0.15) is 0 Å². The molecule has 3 atom stereocenters. The minimum Gasteiger partial charge on any atom is -0.479 e. The van der Waals surface area contributed by atoms with E-state index in [2.05, 4.69) is 10.6 Å². The number of nitrogens with one attached hydrogen (secondary N) is 2. The lowest BCUT2D eigenvalue weighted by Crippen LogP contribution is -2.45. The lowest BCUT2D eigenvalue weighted by molar-refractivity contribution is -0.132. The van der Waals surface area contributed by atoms with Gasteiger partial charge in [0.1, 0.15) is 11.8 Å². The number of carbonyl (C=O) groups excluding carboxylic acids is 2. The van der Waals surface area contributed by atoms with E-state index in [1.807, 2.05) is 0 Å². The molecule has 26 heavy (non-hydrogen) atoms. The Morgan fingerprint density at radius 1 is 1.42 bits per heavy atom. The SMILES string of the molecule is C[C@H](Nc1ccc2c(c1)NC(=O)[C@@H](C)O2)C(=O)N(C)[C@H]1CCS(=O)(=O)C1. The first-order valence-electron chi connectivity index (χ1n) is 8.51. The van der Waals surface area contributed by atoms with Gasteiger partial charge in [0.05, 0.1) is 17.2 Å². The van der Waals surface area contributed by atoms with Crippen molar-refractivity contribution in [3.8, 4) is 5.75 Å². The molecule has 3 rings (SSSR count). The molecule has 1 aromatic rings. The van der Waals surface area contributed by atoms with Crippen LogP contribution in [0.4, 0.5) is 11.4 Å². The number of hydrogen-bond acceptors (Lipinski definition) is 6. The van der Waals surface area contributed by atoms with Crippen LogP contribution in [0.3, 0.4) is 0 Å². The largest absolute Gasteiger partial charge is 0.479 e. The van der Waals surface area contributed by atoms with Gasteiger partial charge in [0.25, 0.3) is 5.91 Å². The van der Waals surface area contributed by atoms with Gasteiger partial charge >= 0.3 is 0 Å². The molecule has 0 aliphatic carbocycles. The second-order valence-corrected chi connectivity index (χ2v) is 9.06. The summed E-state index contributed by atoms with van der Waals surface area (Å²) in [4.78, 5) is 25.8. The van der Waals surface area contributed by atoms with Crippen molar-refractivity contribution in [2.24, 2.45) is 0 Å². The molecule has 0 radical (unpaired) electrons. The lowest BCUT2D eigenvalue weighted by Gasteiger charge is -2.28. The molecule has 2 amide bonds. The van der Waals surface area contributed by atoms with Gasteiger partial charge in [-0.1, -0.05) is 0 Å². The number of anilines is 2. The minimum atomic E-state index is -3.05. The molecule has 1 aromatic carbocycles. The Hall–Kier alpha value is -2.29. The number of carbonyl (C=O) groups is 2. The molecule has 1 saturated heterocycles. The third-order valence-electron chi connectivity index (χ3n) is 4.77. The smallest absolute Gasteiger partial charge is 0.265 e. The fraction of sp³-hybridized carbons (Fsp3) is 0.529. The molecule has 8 nitrogen and oxygen atoms in total. The normalized spacial score (nSPS) is 24.8. The van der Waals surface area contributed by atoms with E-state index in [9.17, 15) is 18.0 Å². The molecule has 2 aliphatic rings. The van der Waals surface area contributed by atoms with Gasteiger partial charge in [-0.3, -0.25) is 9.59 Å². The summed E-state index contributed by atoms with van der Waals surface area (Å²) in [6, 6.07) is 4.39. The number of hydrogen-bond donors (Lipinski definition) is 2. The van der Waals surface area contributed by atoms with Gasteiger partial charge in [-0.05, 0) is 38.5 Å². The lowest BCUT2D eigenvalue weighted by atomic mass is 10.1. The van der Waals surface area contributed by atoms with Crippen LogP contribution in [-0.2, 0) is 19.4 Å². The van der Waals surface area contributed by atoms with E-state index < -0.39 is 22.0 Å². The van der Waals surface area contributed by atoms with Gasteiger partial charge in [0.15, 0.2) is 15.9 Å². The van der Waals surface area contributed by atoms with Gasteiger partial charge < -0.3 is 20.3 Å². The summed E-state index contributed by atoms with van der Waals surface area (Å²) in [5.74, 6) is 0.317. The molecule has 0 aromatic heterocycles. The van der Waals surface area contributed by atoms with E-state index in [-0.39, 0.29) is 29.4 Å². The number of nitrogens with zero attached hydrogens (tertiary/aromatic N) is 1. The zero-order valence-corrected chi connectivity index (χ0v) is 15.8. The third-order valence-corrected chi connectivity index (χ3v) is 6.52. The first-order valence-corrected chi connectivity index (χ1v) is 10.3. The van der Waals surface area contributed by atoms with E-state index in [0.717, 1.165) is 0 Å². The summed E-state index contributed by atoms with van der Waals surface area (Å²) in [5.41, 5.74) is 1.21. The van der Waals surface area contributed by atoms with E-state index in [0.29, 0.717) is 23.5 Å². The Balaban J connectivity index is 1.66. The van der Waals surface area contributed by atoms with Crippen LogP contribution in [-0.4, -0.2) is 61.9 Å². The Morgan fingerprint density at radius 3 is 2.81 bits per heavy atom. The number of sulfone groups is 1. The second-order valence-electron chi connectivity index (χ2n) is 6.83.